The molecule has 19 heavy (non-hydrogen) atoms. The summed E-state index contributed by atoms with van der Waals surface area (Å²) in [6, 6.07) is 3.69. The number of carbonyl (C=O) groups excluding carboxylic acids is 1. The molecule has 0 spiro atoms. The Kier molecular flexibility index (Phi) is 4.99. The predicted molar refractivity (Wildman–Crippen MR) is 67.2 cm³/mol. The quantitative estimate of drug-likeness (QED) is 0.785. The summed E-state index contributed by atoms with van der Waals surface area (Å²) in [5.74, 6) is -2.39. The number of hydrogen-bond acceptors (Lipinski definition) is 3. The third-order valence-electron chi connectivity index (χ3n) is 3.22. The second-order valence-corrected chi connectivity index (χ2v) is 4.58. The Balaban J connectivity index is 1.91. The van der Waals surface area contributed by atoms with Gasteiger partial charge in [0.15, 0.2) is 17.4 Å². The predicted octanol–water partition coefficient (Wildman–Crippen LogP) is 2.26. The number of carbonyl (C=O) groups is 1. The van der Waals surface area contributed by atoms with E-state index in [4.69, 9.17) is 4.74 Å². The summed E-state index contributed by atoms with van der Waals surface area (Å²) < 4.78 is 31.8. The highest BCUT2D eigenvalue weighted by Gasteiger charge is 2.16. The third-order valence-corrected chi connectivity index (χ3v) is 3.22. The summed E-state index contributed by atoms with van der Waals surface area (Å²) in [5.41, 5.74) is -0.161. The molecule has 1 aliphatic heterocycles. The fourth-order valence-corrected chi connectivity index (χ4v) is 2.13. The van der Waals surface area contributed by atoms with Crippen LogP contribution in [0.15, 0.2) is 18.2 Å². The number of nitrogens with zero attached hydrogens (tertiary/aromatic N) is 1. The van der Waals surface area contributed by atoms with E-state index in [-0.39, 0.29) is 17.8 Å². The van der Waals surface area contributed by atoms with Gasteiger partial charge in [0.2, 0.25) is 0 Å². The van der Waals surface area contributed by atoms with Crippen molar-refractivity contribution in [1.29, 1.82) is 0 Å². The summed E-state index contributed by atoms with van der Waals surface area (Å²) in [6.07, 6.45) is 1.13. The van der Waals surface area contributed by atoms with Gasteiger partial charge in [-0.2, -0.15) is 0 Å². The highest BCUT2D eigenvalue weighted by Crippen LogP contribution is 2.14. The zero-order chi connectivity index (χ0) is 13.7. The molecular weight excluding hydrogens is 252 g/mol. The highest BCUT2D eigenvalue weighted by atomic mass is 19.2. The second-order valence-electron chi connectivity index (χ2n) is 4.58. The fourth-order valence-electron chi connectivity index (χ4n) is 2.13. The molecular formula is C14H17F2NO2. The number of Topliss-reactive ketones (excluding diaryl/α,β-unsaturated/α-hetero) is 1. The molecule has 3 nitrogen and oxygen atoms in total. The molecule has 1 aromatic rings. The van der Waals surface area contributed by atoms with Crippen LogP contribution in [0.5, 0.6) is 0 Å². The molecule has 1 aromatic carbocycles. The number of hydrogen-bond donors (Lipinski definition) is 0. The Labute approximate surface area is 111 Å². The van der Waals surface area contributed by atoms with Gasteiger partial charge < -0.3 is 9.64 Å². The van der Waals surface area contributed by atoms with E-state index in [0.717, 1.165) is 32.2 Å². The number of halogens is 2. The Bertz CT molecular complexity index is 443. The van der Waals surface area contributed by atoms with Crippen molar-refractivity contribution in [1.82, 2.24) is 4.90 Å². The van der Waals surface area contributed by atoms with Crippen LogP contribution in [0.4, 0.5) is 8.78 Å². The molecule has 0 radical (unpaired) electrons. The van der Waals surface area contributed by atoms with Crippen LogP contribution in [-0.2, 0) is 4.74 Å². The van der Waals surface area contributed by atoms with Crippen LogP contribution >= 0.6 is 0 Å². The lowest BCUT2D eigenvalue weighted by molar-refractivity contribution is 0.0955. The minimum Gasteiger partial charge on any atom is -0.380 e. The first-order chi connectivity index (χ1) is 9.18. The van der Waals surface area contributed by atoms with Crippen molar-refractivity contribution >= 4 is 5.78 Å². The van der Waals surface area contributed by atoms with Gasteiger partial charge in [0.05, 0.1) is 12.2 Å². The van der Waals surface area contributed by atoms with Crippen molar-refractivity contribution in [3.05, 3.63) is 35.4 Å². The molecule has 104 valence electrons. The minimum atomic E-state index is -1.05. The van der Waals surface area contributed by atoms with E-state index in [1.165, 1.54) is 12.1 Å². The second kappa shape index (κ2) is 6.73. The molecule has 0 aliphatic carbocycles. The largest absolute Gasteiger partial charge is 0.380 e. The van der Waals surface area contributed by atoms with Crippen LogP contribution < -0.4 is 0 Å². The van der Waals surface area contributed by atoms with E-state index in [2.05, 4.69) is 4.90 Å². The average Bonchev–Trinajstić information content (AvgIpc) is 2.68. The normalized spacial score (nSPS) is 17.2. The monoisotopic (exact) mass is 269 g/mol. The van der Waals surface area contributed by atoms with Crippen molar-refractivity contribution in [3.63, 3.8) is 0 Å². The van der Waals surface area contributed by atoms with Crippen molar-refractivity contribution in [3.8, 4) is 0 Å². The van der Waals surface area contributed by atoms with Crippen LogP contribution in [-0.4, -0.2) is 43.5 Å². The van der Waals surface area contributed by atoms with E-state index >= 15 is 0 Å². The van der Waals surface area contributed by atoms with Gasteiger partial charge in [-0.1, -0.05) is 6.07 Å². The molecule has 5 heteroatoms. The average molecular weight is 269 g/mol. The number of ether oxygens (including phenoxy) is 1. The zero-order valence-electron chi connectivity index (χ0n) is 10.7. The van der Waals surface area contributed by atoms with Crippen LogP contribution in [0, 0.1) is 11.6 Å². The van der Waals surface area contributed by atoms with Gasteiger partial charge in [0, 0.05) is 32.7 Å². The smallest absolute Gasteiger partial charge is 0.169 e. The summed E-state index contributed by atoms with van der Waals surface area (Å²) in [7, 11) is 0. The zero-order valence-corrected chi connectivity index (χ0v) is 10.7. The SMILES string of the molecule is O=C(CCN1CCCOCC1)c1cccc(F)c1F. The minimum absolute atomic E-state index is 0.161. The number of ketones is 1. The van der Waals surface area contributed by atoms with Crippen LogP contribution in [0.2, 0.25) is 0 Å². The fraction of sp³-hybridized carbons (Fsp3) is 0.500. The Hall–Kier alpha value is -1.33. The van der Waals surface area contributed by atoms with Gasteiger partial charge in [-0.05, 0) is 18.6 Å². The molecule has 2 rings (SSSR count). The van der Waals surface area contributed by atoms with Crippen molar-refractivity contribution in [2.45, 2.75) is 12.8 Å². The van der Waals surface area contributed by atoms with Gasteiger partial charge >= 0.3 is 0 Å². The van der Waals surface area contributed by atoms with Crippen LogP contribution in [0.1, 0.15) is 23.2 Å². The molecule has 1 fully saturated rings. The topological polar surface area (TPSA) is 29.5 Å². The summed E-state index contributed by atoms with van der Waals surface area (Å²) in [5, 5.41) is 0. The van der Waals surface area contributed by atoms with Crippen LogP contribution in [0.25, 0.3) is 0 Å². The van der Waals surface area contributed by atoms with Crippen molar-refractivity contribution in [2.24, 2.45) is 0 Å². The summed E-state index contributed by atoms with van der Waals surface area (Å²) >= 11 is 0. The Morgan fingerprint density at radius 2 is 2.11 bits per heavy atom. The molecule has 0 unspecified atom stereocenters. The van der Waals surface area contributed by atoms with E-state index in [1.807, 2.05) is 0 Å². The molecule has 0 saturated carbocycles. The first kappa shape index (κ1) is 14.1. The van der Waals surface area contributed by atoms with Crippen LogP contribution in [0.3, 0.4) is 0 Å². The van der Waals surface area contributed by atoms with E-state index < -0.39 is 11.6 Å². The van der Waals surface area contributed by atoms with Crippen molar-refractivity contribution in [2.75, 3.05) is 32.8 Å². The molecule has 1 aliphatic rings. The van der Waals surface area contributed by atoms with Gasteiger partial charge in [0.1, 0.15) is 0 Å². The molecule has 0 aromatic heterocycles. The maximum absolute atomic E-state index is 13.5. The lowest BCUT2D eigenvalue weighted by atomic mass is 10.1. The maximum Gasteiger partial charge on any atom is 0.169 e. The van der Waals surface area contributed by atoms with Gasteiger partial charge in [-0.25, -0.2) is 8.78 Å². The molecule has 0 bridgehead atoms. The van der Waals surface area contributed by atoms with Gasteiger partial charge in [0.25, 0.3) is 0 Å². The standard InChI is InChI=1S/C14H17F2NO2/c15-12-4-1-3-11(14(12)16)13(18)5-7-17-6-2-9-19-10-8-17/h1,3-4H,2,5-10H2. The van der Waals surface area contributed by atoms with E-state index in [9.17, 15) is 13.6 Å². The molecule has 0 amide bonds. The van der Waals surface area contributed by atoms with Gasteiger partial charge in [-0.3, -0.25) is 4.79 Å². The maximum atomic E-state index is 13.5. The van der Waals surface area contributed by atoms with E-state index in [1.54, 1.807) is 0 Å². The first-order valence-corrected chi connectivity index (χ1v) is 6.46. The van der Waals surface area contributed by atoms with E-state index in [0.29, 0.717) is 13.2 Å². The van der Waals surface area contributed by atoms with Crippen molar-refractivity contribution < 1.29 is 18.3 Å². The highest BCUT2D eigenvalue weighted by molar-refractivity contribution is 5.96. The molecule has 1 heterocycles. The summed E-state index contributed by atoms with van der Waals surface area (Å²) in [4.78, 5) is 14.0. The molecule has 0 N–H and O–H groups in total. The Morgan fingerprint density at radius 3 is 2.95 bits per heavy atom. The molecule has 0 atom stereocenters. The van der Waals surface area contributed by atoms with Gasteiger partial charge in [-0.15, -0.1) is 0 Å². The lowest BCUT2D eigenvalue weighted by Crippen LogP contribution is -2.29. The first-order valence-electron chi connectivity index (χ1n) is 6.46. The third kappa shape index (κ3) is 3.81. The molecule has 1 saturated heterocycles. The number of rotatable bonds is 4. The lowest BCUT2D eigenvalue weighted by Gasteiger charge is -2.18. The number of benzene rings is 1. The summed E-state index contributed by atoms with van der Waals surface area (Å²) in [6.45, 7) is 3.60. The Morgan fingerprint density at radius 1 is 1.26 bits per heavy atom.